The van der Waals surface area contributed by atoms with Crippen molar-refractivity contribution in [1.82, 2.24) is 4.72 Å². The molecule has 1 heterocycles. The van der Waals surface area contributed by atoms with Gasteiger partial charge in [-0.2, -0.15) is 0 Å². The lowest BCUT2D eigenvalue weighted by Crippen LogP contribution is -2.35. The second-order valence-electron chi connectivity index (χ2n) is 7.28. The van der Waals surface area contributed by atoms with Crippen LogP contribution in [-0.2, 0) is 33.5 Å². The Balaban J connectivity index is 1.62. The van der Waals surface area contributed by atoms with Crippen LogP contribution in [0.15, 0.2) is 42.5 Å². The van der Waals surface area contributed by atoms with Crippen LogP contribution in [0.2, 0.25) is 0 Å². The molecule has 0 unspecified atom stereocenters. The number of sulfonamides is 1. The topological polar surface area (TPSA) is 75.7 Å². The summed E-state index contributed by atoms with van der Waals surface area (Å²) in [6.45, 7) is 2.72. The molecule has 168 valence electrons. The molecule has 31 heavy (non-hydrogen) atoms. The van der Waals surface area contributed by atoms with Gasteiger partial charge in [0.2, 0.25) is 15.9 Å². The van der Waals surface area contributed by atoms with Crippen LogP contribution in [0.4, 0.5) is 18.9 Å². The van der Waals surface area contributed by atoms with Gasteiger partial charge in [-0.15, -0.1) is 13.2 Å². The first kappa shape index (κ1) is 23.1. The zero-order valence-electron chi connectivity index (χ0n) is 16.9. The molecule has 3 rings (SSSR count). The van der Waals surface area contributed by atoms with E-state index < -0.39 is 22.1 Å². The minimum atomic E-state index is -4.80. The Kier molecular flexibility index (Phi) is 6.90. The number of hydrogen-bond acceptors (Lipinski definition) is 4. The molecule has 0 aromatic heterocycles. The molecule has 1 N–H and O–H groups in total. The van der Waals surface area contributed by atoms with Gasteiger partial charge >= 0.3 is 6.36 Å². The second-order valence-corrected chi connectivity index (χ2v) is 9.09. The summed E-state index contributed by atoms with van der Waals surface area (Å²) >= 11 is 0. The van der Waals surface area contributed by atoms with Crippen LogP contribution in [0.5, 0.6) is 5.75 Å². The molecule has 10 heteroatoms. The molecule has 6 nitrogen and oxygen atoms in total. The van der Waals surface area contributed by atoms with Gasteiger partial charge in [0.15, 0.2) is 0 Å². The van der Waals surface area contributed by atoms with E-state index in [1.807, 2.05) is 19.1 Å². The molecule has 2 aromatic rings. The zero-order chi connectivity index (χ0) is 22.6. The zero-order valence-corrected chi connectivity index (χ0v) is 17.7. The van der Waals surface area contributed by atoms with Crippen LogP contribution in [0.3, 0.4) is 0 Å². The van der Waals surface area contributed by atoms with E-state index in [1.165, 1.54) is 12.1 Å². The van der Waals surface area contributed by atoms with E-state index in [2.05, 4.69) is 9.46 Å². The molecule has 0 saturated carbocycles. The van der Waals surface area contributed by atoms with Crippen molar-refractivity contribution in [3.63, 3.8) is 0 Å². The van der Waals surface area contributed by atoms with Crippen molar-refractivity contribution in [2.24, 2.45) is 0 Å². The predicted octanol–water partition coefficient (Wildman–Crippen LogP) is 3.89. The second kappa shape index (κ2) is 9.27. The maximum Gasteiger partial charge on any atom is 0.573 e. The third kappa shape index (κ3) is 6.44. The highest BCUT2D eigenvalue weighted by Gasteiger charge is 2.31. The summed E-state index contributed by atoms with van der Waals surface area (Å²) in [6.07, 6.45) is -2.92. The lowest BCUT2D eigenvalue weighted by atomic mass is 9.98. The van der Waals surface area contributed by atoms with E-state index in [1.54, 1.807) is 11.0 Å². The Bertz CT molecular complexity index is 1040. The first-order valence-electron chi connectivity index (χ1n) is 9.80. The number of benzene rings is 2. The van der Waals surface area contributed by atoms with Crippen LogP contribution >= 0.6 is 0 Å². The quantitative estimate of drug-likeness (QED) is 0.654. The normalized spacial score (nSPS) is 14.5. The molecule has 0 fully saturated rings. The maximum absolute atomic E-state index is 12.4. The number of nitrogens with zero attached hydrogens (tertiary/aromatic N) is 1. The van der Waals surface area contributed by atoms with E-state index in [-0.39, 0.29) is 18.2 Å². The minimum absolute atomic E-state index is 0.0760. The molecule has 1 aliphatic heterocycles. The molecule has 0 atom stereocenters. The summed E-state index contributed by atoms with van der Waals surface area (Å²) in [7, 11) is -3.71. The Labute approximate surface area is 179 Å². The van der Waals surface area contributed by atoms with Gasteiger partial charge in [0.25, 0.3) is 0 Å². The summed E-state index contributed by atoms with van der Waals surface area (Å²) in [5, 5.41) is 0. The third-order valence-corrected chi connectivity index (χ3v) is 6.10. The number of hydrogen-bond donors (Lipinski definition) is 1. The number of aryl methyl sites for hydroxylation is 1. The Morgan fingerprint density at radius 2 is 1.74 bits per heavy atom. The summed E-state index contributed by atoms with van der Waals surface area (Å²) in [5.74, 6) is -0.691. The van der Waals surface area contributed by atoms with Crippen LogP contribution in [0.1, 0.15) is 36.5 Å². The molecule has 1 aliphatic rings. The number of fused-ring (bicyclic) bond motifs is 1. The van der Waals surface area contributed by atoms with Gasteiger partial charge in [0.1, 0.15) is 5.75 Å². The smallest absolute Gasteiger partial charge is 0.406 e. The lowest BCUT2D eigenvalue weighted by molar-refractivity contribution is -0.274. The van der Waals surface area contributed by atoms with Crippen molar-refractivity contribution in [3.05, 3.63) is 59.2 Å². The number of nitrogens with one attached hydrogen (secondary N) is 1. The molecular weight excluding hydrogens is 433 g/mol. The molecule has 1 amide bonds. The van der Waals surface area contributed by atoms with Crippen molar-refractivity contribution in [2.75, 3.05) is 11.4 Å². The lowest BCUT2D eigenvalue weighted by Gasteiger charge is -2.29. The fourth-order valence-electron chi connectivity index (χ4n) is 3.44. The SMILES string of the molecule is CCCN1C(=O)CCc2cc(CNS(=O)(=O)Cc3ccc(OC(F)(F)F)cc3)ccc21. The molecule has 0 saturated heterocycles. The summed E-state index contributed by atoms with van der Waals surface area (Å²) < 4.78 is 67.7. The Morgan fingerprint density at radius 3 is 2.39 bits per heavy atom. The first-order valence-corrected chi connectivity index (χ1v) is 11.5. The maximum atomic E-state index is 12.4. The Hall–Kier alpha value is -2.59. The highest BCUT2D eigenvalue weighted by Crippen LogP contribution is 2.29. The molecule has 0 radical (unpaired) electrons. The van der Waals surface area contributed by atoms with Crippen LogP contribution in [0.25, 0.3) is 0 Å². The van der Waals surface area contributed by atoms with Gasteiger partial charge < -0.3 is 9.64 Å². The van der Waals surface area contributed by atoms with Crippen molar-refractivity contribution in [1.29, 1.82) is 0 Å². The molecule has 2 aromatic carbocycles. The van der Waals surface area contributed by atoms with Crippen LogP contribution in [0, 0.1) is 0 Å². The average molecular weight is 456 g/mol. The molecule has 0 bridgehead atoms. The monoisotopic (exact) mass is 456 g/mol. The van der Waals surface area contributed by atoms with Crippen molar-refractivity contribution in [2.45, 2.75) is 44.8 Å². The van der Waals surface area contributed by atoms with Crippen molar-refractivity contribution >= 4 is 21.6 Å². The van der Waals surface area contributed by atoms with E-state index in [0.717, 1.165) is 35.4 Å². The van der Waals surface area contributed by atoms with Crippen LogP contribution < -0.4 is 14.4 Å². The van der Waals surface area contributed by atoms with E-state index >= 15 is 0 Å². The highest BCUT2D eigenvalue weighted by molar-refractivity contribution is 7.88. The highest BCUT2D eigenvalue weighted by atomic mass is 32.2. The fraction of sp³-hybridized carbons (Fsp3) is 0.381. The molecular formula is C21H23F3N2O4S. The van der Waals surface area contributed by atoms with Gasteiger partial charge in [-0.05, 0) is 47.7 Å². The number of ether oxygens (including phenoxy) is 1. The average Bonchev–Trinajstić information content (AvgIpc) is 2.69. The number of carbonyl (C=O) groups is 1. The summed E-state index contributed by atoms with van der Waals surface area (Å²) in [6, 6.07) is 10.2. The summed E-state index contributed by atoms with van der Waals surface area (Å²) in [4.78, 5) is 13.9. The van der Waals surface area contributed by atoms with E-state index in [0.29, 0.717) is 24.9 Å². The van der Waals surface area contributed by atoms with Crippen LogP contribution in [-0.4, -0.2) is 27.2 Å². The number of alkyl halides is 3. The molecule has 0 spiro atoms. The van der Waals surface area contributed by atoms with E-state index in [9.17, 15) is 26.4 Å². The standard InChI is InChI=1S/C21H23F3N2O4S/c1-2-11-26-19-9-5-16(12-17(19)6-10-20(26)27)13-25-31(28,29)14-15-3-7-18(8-4-15)30-21(22,23)24/h3-5,7-9,12,25H,2,6,10-11,13-14H2,1H3. The predicted molar refractivity (Wildman–Crippen MR) is 110 cm³/mol. The number of amides is 1. The number of carbonyl (C=O) groups excluding carboxylic acids is 1. The van der Waals surface area contributed by atoms with Gasteiger partial charge in [-0.25, -0.2) is 13.1 Å². The Morgan fingerprint density at radius 1 is 1.06 bits per heavy atom. The number of rotatable bonds is 8. The van der Waals surface area contributed by atoms with Crippen molar-refractivity contribution in [3.8, 4) is 5.75 Å². The largest absolute Gasteiger partial charge is 0.573 e. The first-order chi connectivity index (χ1) is 14.6. The molecule has 0 aliphatic carbocycles. The van der Waals surface area contributed by atoms with Gasteiger partial charge in [0.05, 0.1) is 5.75 Å². The van der Waals surface area contributed by atoms with E-state index in [4.69, 9.17) is 0 Å². The fourth-order valence-corrected chi connectivity index (χ4v) is 4.56. The van der Waals surface area contributed by atoms with Crippen molar-refractivity contribution < 1.29 is 31.1 Å². The van der Waals surface area contributed by atoms with Gasteiger partial charge in [-0.1, -0.05) is 31.2 Å². The number of halogens is 3. The van der Waals surface area contributed by atoms with Gasteiger partial charge in [-0.3, -0.25) is 4.79 Å². The summed E-state index contributed by atoms with van der Waals surface area (Å²) in [5.41, 5.74) is 2.97. The third-order valence-electron chi connectivity index (χ3n) is 4.80. The minimum Gasteiger partial charge on any atom is -0.406 e. The number of anilines is 1. The van der Waals surface area contributed by atoms with Gasteiger partial charge in [0, 0.05) is 25.2 Å².